The first kappa shape index (κ1) is 19.3. The lowest BCUT2D eigenvalue weighted by atomic mass is 9.74. The minimum Gasteiger partial charge on any atom is -0.367 e. The SMILES string of the molecule is CC(C)(C)[C@@H]1CNC(=O)[C@H]1C(=O)N1CCN(c2cccc(Cl)c2Cl)CC1. The van der Waals surface area contributed by atoms with Crippen molar-refractivity contribution in [3.63, 3.8) is 0 Å². The molecule has 1 aromatic rings. The zero-order chi connectivity index (χ0) is 19.1. The highest BCUT2D eigenvalue weighted by Crippen LogP contribution is 2.37. The number of carbonyl (C=O) groups is 2. The van der Waals surface area contributed by atoms with Crippen LogP contribution < -0.4 is 10.2 Å². The van der Waals surface area contributed by atoms with Gasteiger partial charge >= 0.3 is 0 Å². The fourth-order valence-corrected chi connectivity index (χ4v) is 4.23. The molecule has 2 heterocycles. The quantitative estimate of drug-likeness (QED) is 0.780. The van der Waals surface area contributed by atoms with E-state index in [1.807, 2.05) is 17.0 Å². The number of nitrogens with one attached hydrogen (secondary N) is 1. The summed E-state index contributed by atoms with van der Waals surface area (Å²) in [6.07, 6.45) is 0. The summed E-state index contributed by atoms with van der Waals surface area (Å²) < 4.78 is 0. The summed E-state index contributed by atoms with van der Waals surface area (Å²) in [5.41, 5.74) is 0.785. The molecule has 5 nitrogen and oxygen atoms in total. The van der Waals surface area contributed by atoms with Crippen LogP contribution in [0.3, 0.4) is 0 Å². The molecule has 2 fully saturated rings. The average molecular weight is 398 g/mol. The Morgan fingerprint density at radius 2 is 1.81 bits per heavy atom. The molecule has 2 aliphatic rings. The number of hydrogen-bond donors (Lipinski definition) is 1. The van der Waals surface area contributed by atoms with Gasteiger partial charge in [-0.15, -0.1) is 0 Å². The third kappa shape index (κ3) is 3.65. The molecule has 2 amide bonds. The number of anilines is 1. The second kappa shape index (κ2) is 7.28. The van der Waals surface area contributed by atoms with E-state index in [0.717, 1.165) is 5.69 Å². The largest absolute Gasteiger partial charge is 0.367 e. The molecule has 26 heavy (non-hydrogen) atoms. The second-order valence-corrected chi connectivity index (χ2v) is 8.87. The molecule has 0 unspecified atom stereocenters. The molecule has 0 bridgehead atoms. The molecule has 2 saturated heterocycles. The van der Waals surface area contributed by atoms with Crippen LogP contribution in [-0.2, 0) is 9.59 Å². The van der Waals surface area contributed by atoms with Crippen molar-refractivity contribution in [3.05, 3.63) is 28.2 Å². The average Bonchev–Trinajstić information content (AvgIpc) is 2.99. The lowest BCUT2D eigenvalue weighted by Gasteiger charge is -2.39. The lowest BCUT2D eigenvalue weighted by molar-refractivity contribution is -0.143. The van der Waals surface area contributed by atoms with Crippen molar-refractivity contribution in [1.82, 2.24) is 10.2 Å². The molecule has 3 rings (SSSR count). The smallest absolute Gasteiger partial charge is 0.235 e. The molecule has 142 valence electrons. The topological polar surface area (TPSA) is 52.7 Å². The Hall–Kier alpha value is -1.46. The van der Waals surface area contributed by atoms with Crippen LogP contribution in [0.15, 0.2) is 18.2 Å². The van der Waals surface area contributed by atoms with E-state index in [2.05, 4.69) is 31.0 Å². The number of piperazine rings is 1. The monoisotopic (exact) mass is 397 g/mol. The Labute approximate surface area is 164 Å². The van der Waals surface area contributed by atoms with Gasteiger partial charge in [-0.25, -0.2) is 0 Å². The molecular formula is C19H25Cl2N3O2. The van der Waals surface area contributed by atoms with Crippen LogP contribution in [0.5, 0.6) is 0 Å². The van der Waals surface area contributed by atoms with Crippen LogP contribution in [-0.4, -0.2) is 49.4 Å². The van der Waals surface area contributed by atoms with E-state index in [-0.39, 0.29) is 23.1 Å². The maximum Gasteiger partial charge on any atom is 0.235 e. The van der Waals surface area contributed by atoms with E-state index in [1.54, 1.807) is 6.07 Å². The minimum atomic E-state index is -0.587. The highest BCUT2D eigenvalue weighted by molar-refractivity contribution is 6.43. The van der Waals surface area contributed by atoms with Gasteiger partial charge in [-0.05, 0) is 17.5 Å². The summed E-state index contributed by atoms with van der Waals surface area (Å²) in [7, 11) is 0. The molecule has 0 radical (unpaired) electrons. The van der Waals surface area contributed by atoms with E-state index in [0.29, 0.717) is 42.8 Å². The predicted molar refractivity (Wildman–Crippen MR) is 105 cm³/mol. The van der Waals surface area contributed by atoms with Crippen molar-refractivity contribution in [3.8, 4) is 0 Å². The zero-order valence-electron chi connectivity index (χ0n) is 15.4. The molecular weight excluding hydrogens is 373 g/mol. The highest BCUT2D eigenvalue weighted by Gasteiger charge is 2.47. The van der Waals surface area contributed by atoms with E-state index in [9.17, 15) is 9.59 Å². The maximum atomic E-state index is 13.0. The maximum absolute atomic E-state index is 13.0. The molecule has 0 spiro atoms. The van der Waals surface area contributed by atoms with Crippen molar-refractivity contribution < 1.29 is 9.59 Å². The molecule has 0 aliphatic carbocycles. The van der Waals surface area contributed by atoms with E-state index in [1.165, 1.54) is 0 Å². The molecule has 7 heteroatoms. The summed E-state index contributed by atoms with van der Waals surface area (Å²) in [6.45, 7) is 9.29. The van der Waals surface area contributed by atoms with E-state index < -0.39 is 5.92 Å². The summed E-state index contributed by atoms with van der Waals surface area (Å²) in [5.74, 6) is -0.772. The zero-order valence-corrected chi connectivity index (χ0v) is 16.9. The van der Waals surface area contributed by atoms with Gasteiger partial charge in [0.15, 0.2) is 0 Å². The van der Waals surface area contributed by atoms with E-state index in [4.69, 9.17) is 23.2 Å². The van der Waals surface area contributed by atoms with Gasteiger partial charge in [-0.1, -0.05) is 50.0 Å². The number of nitrogens with zero attached hydrogens (tertiary/aromatic N) is 2. The Bertz CT molecular complexity index is 709. The summed E-state index contributed by atoms with van der Waals surface area (Å²) >= 11 is 12.4. The van der Waals surface area contributed by atoms with Crippen molar-refractivity contribution in [2.75, 3.05) is 37.6 Å². The summed E-state index contributed by atoms with van der Waals surface area (Å²) in [5, 5.41) is 3.93. The standard InChI is InChI=1S/C19H25Cl2N3O2/c1-19(2,3)12-11-22-17(25)15(12)18(26)24-9-7-23(8-10-24)14-6-4-5-13(20)16(14)21/h4-6,12,15H,7-11H2,1-3H3,(H,22,25)/t12-,15+/m1/s1. The Morgan fingerprint density at radius 1 is 1.15 bits per heavy atom. The third-order valence-corrected chi connectivity index (χ3v) is 6.23. The van der Waals surface area contributed by atoms with Crippen LogP contribution in [0.2, 0.25) is 10.0 Å². The minimum absolute atomic E-state index is 0.0166. The van der Waals surface area contributed by atoms with Crippen LogP contribution >= 0.6 is 23.2 Å². The molecule has 2 aliphatic heterocycles. The molecule has 2 atom stereocenters. The van der Waals surface area contributed by atoms with Gasteiger partial charge < -0.3 is 15.1 Å². The third-order valence-electron chi connectivity index (χ3n) is 5.42. The number of hydrogen-bond acceptors (Lipinski definition) is 3. The first-order chi connectivity index (χ1) is 12.2. The predicted octanol–water partition coefficient (Wildman–Crippen LogP) is 3.05. The van der Waals surface area contributed by atoms with Gasteiger partial charge in [-0.3, -0.25) is 9.59 Å². The van der Waals surface area contributed by atoms with Crippen molar-refractivity contribution in [1.29, 1.82) is 0 Å². The Morgan fingerprint density at radius 3 is 2.42 bits per heavy atom. The fourth-order valence-electron chi connectivity index (χ4n) is 3.81. The fraction of sp³-hybridized carbons (Fsp3) is 0.579. The summed E-state index contributed by atoms with van der Waals surface area (Å²) in [4.78, 5) is 29.3. The number of rotatable bonds is 2. The lowest BCUT2D eigenvalue weighted by Crippen LogP contribution is -2.52. The highest BCUT2D eigenvalue weighted by atomic mass is 35.5. The number of benzene rings is 1. The molecule has 1 N–H and O–H groups in total. The van der Waals surface area contributed by atoms with Crippen LogP contribution in [0.4, 0.5) is 5.69 Å². The number of halogens is 2. The molecule has 0 aromatic heterocycles. The van der Waals surface area contributed by atoms with Crippen LogP contribution in [0.1, 0.15) is 20.8 Å². The van der Waals surface area contributed by atoms with Crippen molar-refractivity contribution in [2.24, 2.45) is 17.3 Å². The van der Waals surface area contributed by atoms with Gasteiger partial charge in [0.2, 0.25) is 11.8 Å². The van der Waals surface area contributed by atoms with Gasteiger partial charge in [0, 0.05) is 38.6 Å². The summed E-state index contributed by atoms with van der Waals surface area (Å²) in [6, 6.07) is 5.57. The second-order valence-electron chi connectivity index (χ2n) is 8.08. The van der Waals surface area contributed by atoms with Crippen molar-refractivity contribution in [2.45, 2.75) is 20.8 Å². The van der Waals surface area contributed by atoms with Gasteiger partial charge in [0.25, 0.3) is 0 Å². The first-order valence-corrected chi connectivity index (χ1v) is 9.71. The molecule has 1 aromatic carbocycles. The molecule has 0 saturated carbocycles. The van der Waals surface area contributed by atoms with Crippen LogP contribution in [0, 0.1) is 17.3 Å². The first-order valence-electron chi connectivity index (χ1n) is 8.95. The Kier molecular flexibility index (Phi) is 5.40. The van der Waals surface area contributed by atoms with Crippen molar-refractivity contribution >= 4 is 40.7 Å². The Balaban J connectivity index is 1.69. The normalized spacial score (nSPS) is 24.0. The van der Waals surface area contributed by atoms with E-state index >= 15 is 0 Å². The van der Waals surface area contributed by atoms with Gasteiger partial charge in [0.1, 0.15) is 5.92 Å². The number of carbonyl (C=O) groups excluding carboxylic acids is 2. The van der Waals surface area contributed by atoms with Gasteiger partial charge in [-0.2, -0.15) is 0 Å². The van der Waals surface area contributed by atoms with Crippen LogP contribution in [0.25, 0.3) is 0 Å². The number of amides is 2. The van der Waals surface area contributed by atoms with Gasteiger partial charge in [0.05, 0.1) is 15.7 Å².